The van der Waals surface area contributed by atoms with Crippen molar-refractivity contribution in [3.8, 4) is 0 Å². The van der Waals surface area contributed by atoms with Crippen molar-refractivity contribution in [3.05, 3.63) is 71.4 Å². The first-order valence-electron chi connectivity index (χ1n) is 8.28. The van der Waals surface area contributed by atoms with Crippen LogP contribution in [0.15, 0.2) is 54.7 Å². The van der Waals surface area contributed by atoms with Gasteiger partial charge in [0.05, 0.1) is 0 Å². The molecule has 3 aromatic rings. The highest BCUT2D eigenvalue weighted by atomic mass is 15.1. The molecular weight excluding hydrogens is 282 g/mol. The molecule has 0 radical (unpaired) electrons. The molecule has 0 saturated heterocycles. The fraction of sp³-hybridized carbons (Fsp3) is 0.300. The summed E-state index contributed by atoms with van der Waals surface area (Å²) in [7, 11) is 2.16. The molecule has 2 N–H and O–H groups in total. The first-order valence-corrected chi connectivity index (χ1v) is 8.28. The molecule has 0 aliphatic rings. The van der Waals surface area contributed by atoms with Crippen LogP contribution in [0, 0.1) is 0 Å². The van der Waals surface area contributed by atoms with Crippen molar-refractivity contribution in [2.45, 2.75) is 26.6 Å². The third-order valence-corrected chi connectivity index (χ3v) is 4.31. The second-order valence-electron chi connectivity index (χ2n) is 6.11. The average molecular weight is 307 g/mol. The highest BCUT2D eigenvalue weighted by Crippen LogP contribution is 2.17. The summed E-state index contributed by atoms with van der Waals surface area (Å²) in [6, 6.07) is 17.4. The van der Waals surface area contributed by atoms with Crippen molar-refractivity contribution in [3.63, 3.8) is 0 Å². The zero-order chi connectivity index (χ0) is 16.1. The monoisotopic (exact) mass is 307 g/mol. The molecule has 3 rings (SSSR count). The molecule has 0 saturated carbocycles. The van der Waals surface area contributed by atoms with Gasteiger partial charge in [-0.25, -0.2) is 0 Å². The van der Waals surface area contributed by atoms with Crippen LogP contribution >= 0.6 is 0 Å². The summed E-state index contributed by atoms with van der Waals surface area (Å²) in [6.45, 7) is 6.04. The molecule has 1 aromatic heterocycles. The van der Waals surface area contributed by atoms with Gasteiger partial charge in [-0.3, -0.25) is 0 Å². The minimum absolute atomic E-state index is 0.883. The van der Waals surface area contributed by atoms with E-state index in [1.807, 2.05) is 6.20 Å². The molecule has 2 aromatic carbocycles. The summed E-state index contributed by atoms with van der Waals surface area (Å²) in [6.07, 6.45) is 2.00. The van der Waals surface area contributed by atoms with Gasteiger partial charge in [0.2, 0.25) is 0 Å². The van der Waals surface area contributed by atoms with Crippen LogP contribution in [-0.4, -0.2) is 23.5 Å². The molecule has 0 unspecified atom stereocenters. The molecule has 120 valence electrons. The molecule has 23 heavy (non-hydrogen) atoms. The Labute approximate surface area is 138 Å². The lowest BCUT2D eigenvalue weighted by atomic mass is 10.1. The Balaban J connectivity index is 1.60. The topological polar surface area (TPSA) is 31.1 Å². The lowest BCUT2D eigenvalue weighted by molar-refractivity contribution is 0.345. The fourth-order valence-electron chi connectivity index (χ4n) is 2.91. The van der Waals surface area contributed by atoms with Crippen LogP contribution in [0.5, 0.6) is 0 Å². The van der Waals surface area contributed by atoms with Gasteiger partial charge in [-0.1, -0.05) is 43.3 Å². The lowest BCUT2D eigenvalue weighted by Gasteiger charge is -2.14. The second-order valence-corrected chi connectivity index (χ2v) is 6.11. The first-order chi connectivity index (χ1) is 11.3. The third-order valence-electron chi connectivity index (χ3n) is 4.31. The molecule has 3 heteroatoms. The van der Waals surface area contributed by atoms with Crippen LogP contribution in [0.2, 0.25) is 0 Å². The Morgan fingerprint density at radius 3 is 2.70 bits per heavy atom. The summed E-state index contributed by atoms with van der Waals surface area (Å²) in [5.41, 5.74) is 5.26. The number of nitrogens with one attached hydrogen (secondary N) is 2. The maximum absolute atomic E-state index is 3.57. The Bertz CT molecular complexity index is 760. The van der Waals surface area contributed by atoms with Gasteiger partial charge in [0.15, 0.2) is 0 Å². The molecular formula is C20H25N3. The zero-order valence-electron chi connectivity index (χ0n) is 14.0. The van der Waals surface area contributed by atoms with Crippen LogP contribution in [-0.2, 0) is 19.6 Å². The van der Waals surface area contributed by atoms with Gasteiger partial charge >= 0.3 is 0 Å². The zero-order valence-corrected chi connectivity index (χ0v) is 14.0. The number of fused-ring (bicyclic) bond motifs is 1. The summed E-state index contributed by atoms with van der Waals surface area (Å²) in [5.74, 6) is 0. The Kier molecular flexibility index (Phi) is 5.11. The normalized spacial score (nSPS) is 11.4. The quantitative estimate of drug-likeness (QED) is 0.693. The van der Waals surface area contributed by atoms with E-state index in [0.29, 0.717) is 0 Å². The summed E-state index contributed by atoms with van der Waals surface area (Å²) < 4.78 is 0. The number of hydrogen-bond donors (Lipinski definition) is 2. The van der Waals surface area contributed by atoms with Gasteiger partial charge < -0.3 is 15.2 Å². The number of benzene rings is 2. The first kappa shape index (κ1) is 15.8. The fourth-order valence-corrected chi connectivity index (χ4v) is 2.91. The molecule has 0 aliphatic heterocycles. The van der Waals surface area contributed by atoms with E-state index in [1.165, 1.54) is 27.6 Å². The van der Waals surface area contributed by atoms with Gasteiger partial charge in [0.1, 0.15) is 0 Å². The summed E-state index contributed by atoms with van der Waals surface area (Å²) in [4.78, 5) is 5.59. The molecule has 0 bridgehead atoms. The van der Waals surface area contributed by atoms with E-state index in [0.717, 1.165) is 26.2 Å². The summed E-state index contributed by atoms with van der Waals surface area (Å²) in [5, 5.41) is 4.87. The van der Waals surface area contributed by atoms with Crippen LogP contribution in [0.4, 0.5) is 0 Å². The number of aromatic nitrogens is 1. The molecule has 0 spiro atoms. The lowest BCUT2D eigenvalue weighted by Crippen LogP contribution is -2.17. The number of hydrogen-bond acceptors (Lipinski definition) is 2. The van der Waals surface area contributed by atoms with Gasteiger partial charge in [-0.15, -0.1) is 0 Å². The van der Waals surface area contributed by atoms with Crippen molar-refractivity contribution in [2.24, 2.45) is 0 Å². The summed E-state index contributed by atoms with van der Waals surface area (Å²) >= 11 is 0. The van der Waals surface area contributed by atoms with Crippen molar-refractivity contribution in [1.29, 1.82) is 0 Å². The van der Waals surface area contributed by atoms with Crippen molar-refractivity contribution in [2.75, 3.05) is 13.6 Å². The third kappa shape index (κ3) is 4.01. The molecule has 3 nitrogen and oxygen atoms in total. The van der Waals surface area contributed by atoms with Crippen molar-refractivity contribution >= 4 is 10.9 Å². The van der Waals surface area contributed by atoms with E-state index in [-0.39, 0.29) is 0 Å². The number of aromatic amines is 1. The van der Waals surface area contributed by atoms with E-state index >= 15 is 0 Å². The SMILES string of the molecule is CCN(C)Cc1cccc(CNCc2cccc3[nH]ccc23)c1. The molecule has 0 fully saturated rings. The number of rotatable bonds is 7. The van der Waals surface area contributed by atoms with Crippen LogP contribution in [0.1, 0.15) is 23.6 Å². The van der Waals surface area contributed by atoms with E-state index in [2.05, 4.69) is 77.7 Å². The molecule has 0 aliphatic carbocycles. The van der Waals surface area contributed by atoms with Gasteiger partial charge in [0.25, 0.3) is 0 Å². The van der Waals surface area contributed by atoms with Gasteiger partial charge in [0, 0.05) is 36.7 Å². The standard InChI is InChI=1S/C20H25N3/c1-3-23(2)15-17-7-4-6-16(12-17)13-21-14-18-8-5-9-20-19(18)10-11-22-20/h4-12,21-22H,3,13-15H2,1-2H3. The van der Waals surface area contributed by atoms with E-state index in [4.69, 9.17) is 0 Å². The van der Waals surface area contributed by atoms with Gasteiger partial charge in [-0.05, 0) is 42.4 Å². The second kappa shape index (κ2) is 7.44. The predicted octanol–water partition coefficient (Wildman–Crippen LogP) is 3.91. The maximum atomic E-state index is 3.57. The minimum atomic E-state index is 0.883. The van der Waals surface area contributed by atoms with Crippen molar-refractivity contribution < 1.29 is 0 Å². The highest BCUT2D eigenvalue weighted by Gasteiger charge is 2.02. The Morgan fingerprint density at radius 1 is 1.00 bits per heavy atom. The Morgan fingerprint density at radius 2 is 1.83 bits per heavy atom. The van der Waals surface area contributed by atoms with E-state index < -0.39 is 0 Å². The van der Waals surface area contributed by atoms with Crippen molar-refractivity contribution in [1.82, 2.24) is 15.2 Å². The average Bonchev–Trinajstić information content (AvgIpc) is 3.04. The van der Waals surface area contributed by atoms with Gasteiger partial charge in [-0.2, -0.15) is 0 Å². The minimum Gasteiger partial charge on any atom is -0.361 e. The highest BCUT2D eigenvalue weighted by molar-refractivity contribution is 5.82. The van der Waals surface area contributed by atoms with E-state index in [9.17, 15) is 0 Å². The maximum Gasteiger partial charge on any atom is 0.0457 e. The number of H-pyrrole nitrogens is 1. The molecule has 1 heterocycles. The van der Waals surface area contributed by atoms with Crippen LogP contribution in [0.3, 0.4) is 0 Å². The predicted molar refractivity (Wildman–Crippen MR) is 97.3 cm³/mol. The van der Waals surface area contributed by atoms with Crippen LogP contribution in [0.25, 0.3) is 10.9 Å². The smallest absolute Gasteiger partial charge is 0.0457 e. The van der Waals surface area contributed by atoms with Crippen LogP contribution < -0.4 is 5.32 Å². The Hall–Kier alpha value is -2.10. The largest absolute Gasteiger partial charge is 0.361 e. The molecule has 0 amide bonds. The van der Waals surface area contributed by atoms with E-state index in [1.54, 1.807) is 0 Å². The number of nitrogens with zero attached hydrogens (tertiary/aromatic N) is 1. The molecule has 0 atom stereocenters.